The van der Waals surface area contributed by atoms with Gasteiger partial charge in [-0.1, -0.05) is 30.4 Å². The van der Waals surface area contributed by atoms with E-state index in [0.717, 1.165) is 30.6 Å². The van der Waals surface area contributed by atoms with Gasteiger partial charge < -0.3 is 24.2 Å². The van der Waals surface area contributed by atoms with E-state index in [4.69, 9.17) is 24.3 Å². The van der Waals surface area contributed by atoms with Crippen molar-refractivity contribution < 1.29 is 24.1 Å². The van der Waals surface area contributed by atoms with Crippen LogP contribution in [0.1, 0.15) is 69.2 Å². The number of aliphatic carboxylic acids is 1. The van der Waals surface area contributed by atoms with Gasteiger partial charge in [-0.15, -0.1) is 0 Å². The van der Waals surface area contributed by atoms with Gasteiger partial charge in [0.2, 0.25) is 0 Å². The van der Waals surface area contributed by atoms with Crippen LogP contribution in [-0.4, -0.2) is 56.6 Å². The maximum Gasteiger partial charge on any atom is 0.337 e. The number of anilines is 1. The van der Waals surface area contributed by atoms with Gasteiger partial charge >= 0.3 is 5.97 Å². The molecule has 0 aliphatic carbocycles. The average Bonchev–Trinajstić information content (AvgIpc) is 3.28. The third-order valence-electron chi connectivity index (χ3n) is 7.31. The SMILES string of the molecule is Cc1nc2cc3nn2c(c1[C@H](OC(C)(C)C)C(=O)O)N1CCC(C)(CC1)OCC=CCc1ccccc1OC3. The lowest BCUT2D eigenvalue weighted by atomic mass is 9.92. The molecule has 0 amide bonds. The topological polar surface area (TPSA) is 98.4 Å². The number of hydrogen-bond donors (Lipinski definition) is 1. The summed E-state index contributed by atoms with van der Waals surface area (Å²) in [6.45, 7) is 11.7. The molecule has 3 aromatic rings. The molecule has 9 heteroatoms. The van der Waals surface area contributed by atoms with Gasteiger partial charge in [-0.05, 0) is 65.5 Å². The van der Waals surface area contributed by atoms with E-state index in [2.05, 4.69) is 30.0 Å². The van der Waals surface area contributed by atoms with Crippen molar-refractivity contribution in [1.82, 2.24) is 14.6 Å². The second-order valence-corrected chi connectivity index (χ2v) is 11.6. The minimum atomic E-state index is -1.20. The van der Waals surface area contributed by atoms with Gasteiger partial charge in [0.1, 0.15) is 23.9 Å². The van der Waals surface area contributed by atoms with E-state index in [0.29, 0.717) is 48.1 Å². The third-order valence-corrected chi connectivity index (χ3v) is 7.31. The molecule has 0 unspecified atom stereocenters. The van der Waals surface area contributed by atoms with Crippen molar-refractivity contribution in [1.29, 1.82) is 0 Å². The van der Waals surface area contributed by atoms with E-state index in [-0.39, 0.29) is 12.2 Å². The summed E-state index contributed by atoms with van der Waals surface area (Å²) < 4.78 is 20.4. The van der Waals surface area contributed by atoms with Crippen LogP contribution in [0.25, 0.3) is 5.65 Å². The number of allylic oxidation sites excluding steroid dienone is 1. The van der Waals surface area contributed by atoms with Gasteiger partial charge in [0, 0.05) is 24.8 Å². The van der Waals surface area contributed by atoms with E-state index >= 15 is 0 Å². The highest BCUT2D eigenvalue weighted by Crippen LogP contribution is 2.37. The van der Waals surface area contributed by atoms with E-state index < -0.39 is 17.7 Å². The Morgan fingerprint density at radius 1 is 1.18 bits per heavy atom. The fraction of sp³-hybridized carbons (Fsp3) is 0.500. The molecule has 3 aliphatic heterocycles. The van der Waals surface area contributed by atoms with Gasteiger partial charge in [0.05, 0.1) is 23.4 Å². The summed E-state index contributed by atoms with van der Waals surface area (Å²) in [7, 11) is 0. The van der Waals surface area contributed by atoms with Gasteiger partial charge in [-0.2, -0.15) is 9.61 Å². The number of benzene rings is 1. The number of carboxylic acids is 1. The van der Waals surface area contributed by atoms with Crippen LogP contribution in [0.2, 0.25) is 0 Å². The molecule has 39 heavy (non-hydrogen) atoms. The van der Waals surface area contributed by atoms with Crippen molar-refractivity contribution in [3.05, 3.63) is 65.0 Å². The molecule has 3 aliphatic rings. The molecule has 6 rings (SSSR count). The van der Waals surface area contributed by atoms with Gasteiger partial charge in [-0.25, -0.2) is 9.78 Å². The zero-order valence-corrected chi connectivity index (χ0v) is 23.4. The molecule has 0 radical (unpaired) electrons. The number of para-hydroxylation sites is 1. The van der Waals surface area contributed by atoms with E-state index in [9.17, 15) is 9.90 Å². The maximum atomic E-state index is 12.6. The number of carbonyl (C=O) groups is 1. The van der Waals surface area contributed by atoms with Crippen LogP contribution in [0.15, 0.2) is 42.5 Å². The fourth-order valence-corrected chi connectivity index (χ4v) is 5.26. The summed E-state index contributed by atoms with van der Waals surface area (Å²) in [5.74, 6) is 0.444. The summed E-state index contributed by atoms with van der Waals surface area (Å²) in [5.41, 5.74) is 2.62. The maximum absolute atomic E-state index is 12.6. The van der Waals surface area contributed by atoms with Crippen molar-refractivity contribution in [2.45, 2.75) is 77.8 Å². The number of aryl methyl sites for hydroxylation is 1. The van der Waals surface area contributed by atoms with Crippen molar-refractivity contribution in [2.24, 2.45) is 0 Å². The molecular weight excluding hydrogens is 496 g/mol. The zero-order chi connectivity index (χ0) is 27.8. The molecule has 4 bridgehead atoms. The van der Waals surface area contributed by atoms with Crippen molar-refractivity contribution in [3.8, 4) is 5.75 Å². The van der Waals surface area contributed by atoms with E-state index in [1.165, 1.54) is 0 Å². The van der Waals surface area contributed by atoms with Gasteiger partial charge in [-0.3, -0.25) is 0 Å². The monoisotopic (exact) mass is 534 g/mol. The molecule has 2 aromatic heterocycles. The Labute approximate surface area is 229 Å². The van der Waals surface area contributed by atoms with E-state index in [1.54, 1.807) is 4.52 Å². The number of piperidine rings is 1. The van der Waals surface area contributed by atoms with Crippen LogP contribution in [0, 0.1) is 6.92 Å². The van der Waals surface area contributed by atoms with Crippen molar-refractivity contribution >= 4 is 17.4 Å². The Kier molecular flexibility index (Phi) is 7.39. The van der Waals surface area contributed by atoms with Gasteiger partial charge in [0.25, 0.3) is 0 Å². The smallest absolute Gasteiger partial charge is 0.337 e. The largest absolute Gasteiger partial charge is 0.487 e. The van der Waals surface area contributed by atoms with Crippen LogP contribution in [0.5, 0.6) is 5.75 Å². The number of ether oxygens (including phenoxy) is 3. The molecule has 1 saturated heterocycles. The van der Waals surface area contributed by atoms with Crippen LogP contribution >= 0.6 is 0 Å². The third kappa shape index (κ3) is 5.94. The molecular formula is C30H38N4O5. The highest BCUT2D eigenvalue weighted by atomic mass is 16.5. The first-order valence-electron chi connectivity index (χ1n) is 13.6. The number of nitrogens with zero attached hydrogens (tertiary/aromatic N) is 4. The van der Waals surface area contributed by atoms with Crippen LogP contribution in [0.4, 0.5) is 5.82 Å². The second-order valence-electron chi connectivity index (χ2n) is 11.6. The summed E-state index contributed by atoms with van der Waals surface area (Å²) in [6, 6.07) is 9.89. The minimum absolute atomic E-state index is 0.264. The lowest BCUT2D eigenvalue weighted by Gasteiger charge is -2.41. The Balaban J connectivity index is 1.64. The molecule has 1 fully saturated rings. The number of carboxylic acid groups (broad SMARTS) is 1. The molecule has 5 heterocycles. The predicted octanol–water partition coefficient (Wildman–Crippen LogP) is 5.05. The summed E-state index contributed by atoms with van der Waals surface area (Å²) in [5, 5.41) is 15.2. The Hall–Kier alpha value is -3.43. The quantitative estimate of drug-likeness (QED) is 0.467. The number of fused-ring (bicyclic) bond motifs is 6. The van der Waals surface area contributed by atoms with Gasteiger partial charge in [0.15, 0.2) is 11.8 Å². The van der Waals surface area contributed by atoms with Crippen LogP contribution < -0.4 is 9.64 Å². The van der Waals surface area contributed by atoms with E-state index in [1.807, 2.05) is 52.0 Å². The second kappa shape index (κ2) is 10.6. The van der Waals surface area contributed by atoms with Crippen molar-refractivity contribution in [3.63, 3.8) is 0 Å². The zero-order valence-electron chi connectivity index (χ0n) is 23.4. The molecule has 1 N–H and O–H groups in total. The molecule has 208 valence electrons. The molecule has 0 spiro atoms. The predicted molar refractivity (Wildman–Crippen MR) is 148 cm³/mol. The summed E-state index contributed by atoms with van der Waals surface area (Å²) in [6.07, 6.45) is 5.32. The summed E-state index contributed by atoms with van der Waals surface area (Å²) >= 11 is 0. The lowest BCUT2D eigenvalue weighted by Crippen LogP contribution is -2.45. The number of rotatable bonds is 3. The first-order chi connectivity index (χ1) is 18.5. The summed E-state index contributed by atoms with van der Waals surface area (Å²) in [4.78, 5) is 19.6. The van der Waals surface area contributed by atoms with Crippen molar-refractivity contribution in [2.75, 3.05) is 24.6 Å². The normalized spacial score (nSPS) is 18.5. The Morgan fingerprint density at radius 2 is 1.92 bits per heavy atom. The van der Waals surface area contributed by atoms with Crippen LogP contribution in [-0.2, 0) is 27.3 Å². The highest BCUT2D eigenvalue weighted by molar-refractivity contribution is 5.78. The standard InChI is InChI=1S/C30H38N4O5/c1-20-25(26(28(35)36)39-29(2,3)4)27-33-15-13-30(5,14-16-33)38-17-9-8-11-21-10-6-7-12-23(21)37-19-22-18-24(31-20)34(27)32-22/h6-10,12,18,26H,11,13-17,19H2,1-5H3,(H,35,36)/t26-/m0/s1. The highest BCUT2D eigenvalue weighted by Gasteiger charge is 2.37. The molecule has 0 saturated carbocycles. The molecule has 1 aromatic carbocycles. The fourth-order valence-electron chi connectivity index (χ4n) is 5.26. The average molecular weight is 535 g/mol. The molecule has 9 nitrogen and oxygen atoms in total. The number of aromatic nitrogens is 3. The van der Waals surface area contributed by atoms with Crippen LogP contribution in [0.3, 0.4) is 0 Å². The first-order valence-corrected chi connectivity index (χ1v) is 13.6. The first kappa shape index (κ1) is 27.1. The Morgan fingerprint density at radius 3 is 2.64 bits per heavy atom. The number of hydrogen-bond acceptors (Lipinski definition) is 7. The molecule has 1 atom stereocenters. The lowest BCUT2D eigenvalue weighted by molar-refractivity contribution is -0.160. The Bertz CT molecular complexity index is 1380. The minimum Gasteiger partial charge on any atom is -0.487 e.